The third-order valence-electron chi connectivity index (χ3n) is 4.13. The smallest absolute Gasteiger partial charge is 0.265 e. The summed E-state index contributed by atoms with van der Waals surface area (Å²) in [5.74, 6) is 0.915. The van der Waals surface area contributed by atoms with E-state index in [0.717, 1.165) is 31.7 Å². The molecule has 0 aliphatic carbocycles. The monoisotopic (exact) mass is 336 g/mol. The van der Waals surface area contributed by atoms with Gasteiger partial charge in [0.15, 0.2) is 11.9 Å². The Morgan fingerprint density at radius 2 is 2.04 bits per heavy atom. The maximum atomic E-state index is 12.5. The Morgan fingerprint density at radius 1 is 1.28 bits per heavy atom. The van der Waals surface area contributed by atoms with Crippen molar-refractivity contribution in [1.82, 2.24) is 4.98 Å². The van der Waals surface area contributed by atoms with Crippen LogP contribution in [0.1, 0.15) is 25.3 Å². The summed E-state index contributed by atoms with van der Waals surface area (Å²) in [6.45, 7) is 3.55. The van der Waals surface area contributed by atoms with E-state index >= 15 is 0 Å². The van der Waals surface area contributed by atoms with Gasteiger partial charge in [0.05, 0.1) is 11.3 Å². The molecule has 1 fully saturated rings. The number of ether oxygens (including phenoxy) is 1. The lowest BCUT2D eigenvalue weighted by Crippen LogP contribution is -2.31. The quantitative estimate of drug-likeness (QED) is 0.908. The highest BCUT2D eigenvalue weighted by atomic mass is 16.5. The third kappa shape index (κ3) is 3.89. The fraction of sp³-hybridized carbons (Fsp3) is 0.316. The molecule has 0 spiro atoms. The van der Waals surface area contributed by atoms with E-state index in [-0.39, 0.29) is 5.91 Å². The van der Waals surface area contributed by atoms with Crippen molar-refractivity contribution in [2.75, 3.05) is 23.3 Å². The SMILES string of the molecule is C[C@H](Oc1ccccc1C#N)C(=O)Nc1cccnc1N1CCCC1. The first-order valence-corrected chi connectivity index (χ1v) is 8.35. The zero-order valence-electron chi connectivity index (χ0n) is 14.1. The van der Waals surface area contributed by atoms with Crippen LogP contribution in [0.15, 0.2) is 42.6 Å². The average Bonchev–Trinajstić information content (AvgIpc) is 3.17. The molecule has 1 aliphatic heterocycles. The van der Waals surface area contributed by atoms with Gasteiger partial charge in [0.1, 0.15) is 11.8 Å². The molecule has 2 aromatic rings. The summed E-state index contributed by atoms with van der Waals surface area (Å²) in [5.41, 5.74) is 1.08. The molecule has 0 unspecified atom stereocenters. The molecule has 1 aliphatic rings. The normalized spacial score (nSPS) is 14.6. The number of amides is 1. The maximum absolute atomic E-state index is 12.5. The highest BCUT2D eigenvalue weighted by molar-refractivity contribution is 5.96. The number of hydrogen-bond donors (Lipinski definition) is 1. The third-order valence-corrected chi connectivity index (χ3v) is 4.13. The minimum Gasteiger partial charge on any atom is -0.480 e. The number of nitrogens with one attached hydrogen (secondary N) is 1. The van der Waals surface area contributed by atoms with Crippen LogP contribution in [-0.2, 0) is 4.79 Å². The van der Waals surface area contributed by atoms with Gasteiger partial charge < -0.3 is 15.0 Å². The minimum absolute atomic E-state index is 0.277. The zero-order valence-corrected chi connectivity index (χ0v) is 14.1. The van der Waals surface area contributed by atoms with Gasteiger partial charge in [-0.25, -0.2) is 4.98 Å². The van der Waals surface area contributed by atoms with Gasteiger partial charge in [0.25, 0.3) is 5.91 Å². The van der Waals surface area contributed by atoms with E-state index in [0.29, 0.717) is 17.0 Å². The Balaban J connectivity index is 1.71. The Bertz CT molecular complexity index is 794. The Labute approximate surface area is 147 Å². The number of hydrogen-bond acceptors (Lipinski definition) is 5. The van der Waals surface area contributed by atoms with Crippen molar-refractivity contribution in [3.05, 3.63) is 48.2 Å². The fourth-order valence-corrected chi connectivity index (χ4v) is 2.82. The van der Waals surface area contributed by atoms with Crippen molar-refractivity contribution in [3.63, 3.8) is 0 Å². The van der Waals surface area contributed by atoms with Crippen LogP contribution in [-0.4, -0.2) is 30.1 Å². The van der Waals surface area contributed by atoms with Gasteiger partial charge in [-0.1, -0.05) is 12.1 Å². The standard InChI is InChI=1S/C19H20N4O2/c1-14(25-17-9-3-2-7-15(17)13-20)19(24)22-16-8-6-10-21-18(16)23-11-4-5-12-23/h2-3,6-10,14H,4-5,11-12H2,1H3,(H,22,24)/t14-/m0/s1. The van der Waals surface area contributed by atoms with Crippen molar-refractivity contribution in [2.24, 2.45) is 0 Å². The van der Waals surface area contributed by atoms with E-state index in [1.165, 1.54) is 0 Å². The van der Waals surface area contributed by atoms with Crippen molar-refractivity contribution in [2.45, 2.75) is 25.9 Å². The molecule has 1 aromatic carbocycles. The molecule has 6 nitrogen and oxygen atoms in total. The predicted octanol–water partition coefficient (Wildman–Crippen LogP) is 2.96. The second kappa shape index (κ2) is 7.67. The van der Waals surface area contributed by atoms with E-state index in [1.54, 1.807) is 43.5 Å². The minimum atomic E-state index is -0.735. The summed E-state index contributed by atoms with van der Waals surface area (Å²) >= 11 is 0. The number of aromatic nitrogens is 1. The molecular weight excluding hydrogens is 316 g/mol. The highest BCUT2D eigenvalue weighted by Gasteiger charge is 2.21. The summed E-state index contributed by atoms with van der Waals surface area (Å²) in [6.07, 6.45) is 3.26. The van der Waals surface area contributed by atoms with Gasteiger partial charge in [-0.3, -0.25) is 4.79 Å². The van der Waals surface area contributed by atoms with Crippen LogP contribution in [0.4, 0.5) is 11.5 Å². The van der Waals surface area contributed by atoms with Crippen LogP contribution in [0, 0.1) is 11.3 Å². The molecular formula is C19H20N4O2. The van der Waals surface area contributed by atoms with Crippen molar-refractivity contribution in [3.8, 4) is 11.8 Å². The molecule has 1 amide bonds. The largest absolute Gasteiger partial charge is 0.480 e. The van der Waals surface area contributed by atoms with Gasteiger partial charge >= 0.3 is 0 Å². The number of nitrogens with zero attached hydrogens (tertiary/aromatic N) is 3. The van der Waals surface area contributed by atoms with Crippen LogP contribution >= 0.6 is 0 Å². The molecule has 0 bridgehead atoms. The lowest BCUT2D eigenvalue weighted by atomic mass is 10.2. The first-order valence-electron chi connectivity index (χ1n) is 8.35. The summed E-state index contributed by atoms with van der Waals surface area (Å²) in [4.78, 5) is 19.1. The van der Waals surface area contributed by atoms with Gasteiger partial charge in [-0.15, -0.1) is 0 Å². The lowest BCUT2D eigenvalue weighted by Gasteiger charge is -2.21. The molecule has 6 heteroatoms. The highest BCUT2D eigenvalue weighted by Crippen LogP contribution is 2.26. The van der Waals surface area contributed by atoms with Gasteiger partial charge in [-0.2, -0.15) is 5.26 Å². The second-order valence-corrected chi connectivity index (χ2v) is 5.93. The van der Waals surface area contributed by atoms with Crippen LogP contribution < -0.4 is 15.0 Å². The number of carbonyl (C=O) groups is 1. The molecule has 2 heterocycles. The van der Waals surface area contributed by atoms with Crippen LogP contribution in [0.3, 0.4) is 0 Å². The van der Waals surface area contributed by atoms with Gasteiger partial charge in [0, 0.05) is 19.3 Å². The molecule has 25 heavy (non-hydrogen) atoms. The molecule has 128 valence electrons. The molecule has 1 aromatic heterocycles. The summed E-state index contributed by atoms with van der Waals surface area (Å²) in [6, 6.07) is 12.6. The van der Waals surface area contributed by atoms with Crippen LogP contribution in [0.25, 0.3) is 0 Å². The maximum Gasteiger partial charge on any atom is 0.265 e. The number of carbonyl (C=O) groups excluding carboxylic acids is 1. The first kappa shape index (κ1) is 16.8. The number of benzene rings is 1. The zero-order chi connectivity index (χ0) is 17.6. The Kier molecular flexibility index (Phi) is 5.14. The topological polar surface area (TPSA) is 78.2 Å². The van der Waals surface area contributed by atoms with E-state index in [1.807, 2.05) is 6.07 Å². The van der Waals surface area contributed by atoms with Gasteiger partial charge in [0.2, 0.25) is 0 Å². The number of nitriles is 1. The molecule has 1 saturated heterocycles. The number of rotatable bonds is 5. The fourth-order valence-electron chi connectivity index (χ4n) is 2.82. The Morgan fingerprint density at radius 3 is 2.80 bits per heavy atom. The second-order valence-electron chi connectivity index (χ2n) is 5.93. The number of anilines is 2. The van der Waals surface area contributed by atoms with E-state index in [9.17, 15) is 4.79 Å². The molecule has 1 atom stereocenters. The van der Waals surface area contributed by atoms with Crippen LogP contribution in [0.2, 0.25) is 0 Å². The van der Waals surface area contributed by atoms with E-state index in [2.05, 4.69) is 21.3 Å². The summed E-state index contributed by atoms with van der Waals surface area (Å²) in [7, 11) is 0. The van der Waals surface area contributed by atoms with Crippen molar-refractivity contribution < 1.29 is 9.53 Å². The van der Waals surface area contributed by atoms with E-state index < -0.39 is 6.10 Å². The van der Waals surface area contributed by atoms with Crippen molar-refractivity contribution in [1.29, 1.82) is 5.26 Å². The first-order chi connectivity index (χ1) is 12.2. The summed E-state index contributed by atoms with van der Waals surface area (Å²) in [5, 5.41) is 12.0. The molecule has 3 rings (SSSR count). The van der Waals surface area contributed by atoms with Crippen molar-refractivity contribution >= 4 is 17.4 Å². The number of pyridine rings is 1. The lowest BCUT2D eigenvalue weighted by molar-refractivity contribution is -0.122. The van der Waals surface area contributed by atoms with Gasteiger partial charge in [-0.05, 0) is 44.0 Å². The average molecular weight is 336 g/mol. The Hall–Kier alpha value is -3.07. The van der Waals surface area contributed by atoms with Crippen LogP contribution in [0.5, 0.6) is 5.75 Å². The molecule has 0 radical (unpaired) electrons. The number of para-hydroxylation sites is 1. The van der Waals surface area contributed by atoms with E-state index in [4.69, 9.17) is 10.00 Å². The summed E-state index contributed by atoms with van der Waals surface area (Å²) < 4.78 is 5.67. The molecule has 1 N–H and O–H groups in total. The predicted molar refractivity (Wildman–Crippen MR) is 95.6 cm³/mol. The molecule has 0 saturated carbocycles.